The minimum atomic E-state index is -0.855. The van der Waals surface area contributed by atoms with Gasteiger partial charge in [0.1, 0.15) is 11.6 Å². The second kappa shape index (κ2) is 12.9. The number of fused-ring (bicyclic) bond motifs is 1. The van der Waals surface area contributed by atoms with Gasteiger partial charge in [-0.3, -0.25) is 9.59 Å². The minimum absolute atomic E-state index is 0.000350. The molecule has 3 aromatic carbocycles. The molecule has 0 aliphatic carbocycles. The highest BCUT2D eigenvalue weighted by Gasteiger charge is 2.30. The van der Waals surface area contributed by atoms with Crippen LogP contribution in [0, 0.1) is 11.7 Å². The number of Topliss-reactive ketones (excluding diaryl/α,β-unsaturated/α-hetero) is 1. The van der Waals surface area contributed by atoms with E-state index < -0.39 is 17.8 Å². The Morgan fingerprint density at radius 2 is 1.56 bits per heavy atom. The summed E-state index contributed by atoms with van der Waals surface area (Å²) >= 11 is 0. The van der Waals surface area contributed by atoms with Crippen LogP contribution in [0.25, 0.3) is 0 Å². The van der Waals surface area contributed by atoms with Gasteiger partial charge in [0.05, 0.1) is 18.4 Å². The van der Waals surface area contributed by atoms with E-state index in [9.17, 15) is 23.6 Å². The van der Waals surface area contributed by atoms with E-state index in [0.29, 0.717) is 49.5 Å². The van der Waals surface area contributed by atoms with Gasteiger partial charge in [0.25, 0.3) is 5.91 Å². The molecule has 1 saturated heterocycles. The highest BCUT2D eigenvalue weighted by atomic mass is 19.1. The van der Waals surface area contributed by atoms with Crippen LogP contribution in [0.2, 0.25) is 0 Å². The molecule has 11 heteroatoms. The van der Waals surface area contributed by atoms with Gasteiger partial charge in [-0.1, -0.05) is 0 Å². The fourth-order valence-electron chi connectivity index (χ4n) is 5.12. The number of methoxy groups -OCH3 is 1. The molecule has 222 valence electrons. The molecule has 0 bridgehead atoms. The SMILES string of the molecule is COc1ccc(N(CCN2CCC(C(=O)c3ccc(F)cc3)CC2)C(=O)c2ccc(N)c3c2OC(=O)/C=C/C(=O)O3)cc1. The summed E-state index contributed by atoms with van der Waals surface area (Å²) in [7, 11) is 1.54. The summed E-state index contributed by atoms with van der Waals surface area (Å²) in [4.78, 5) is 55.1. The maximum atomic E-state index is 14.1. The molecule has 2 N–H and O–H groups in total. The first-order valence-electron chi connectivity index (χ1n) is 13.8. The number of rotatable bonds is 8. The van der Waals surface area contributed by atoms with Crippen LogP contribution in [-0.4, -0.2) is 61.8 Å². The van der Waals surface area contributed by atoms with Crippen LogP contribution < -0.4 is 24.8 Å². The molecular formula is C32H30FN3O7. The maximum Gasteiger partial charge on any atom is 0.336 e. The molecule has 0 radical (unpaired) electrons. The van der Waals surface area contributed by atoms with Crippen molar-refractivity contribution < 1.29 is 37.8 Å². The number of amides is 1. The number of likely N-dealkylation sites (tertiary alicyclic amines) is 1. The smallest absolute Gasteiger partial charge is 0.336 e. The van der Waals surface area contributed by atoms with Crippen LogP contribution in [-0.2, 0) is 9.59 Å². The van der Waals surface area contributed by atoms with E-state index in [2.05, 4.69) is 4.90 Å². The summed E-state index contributed by atoms with van der Waals surface area (Å²) in [6.45, 7) is 2.03. The number of carbonyl (C=O) groups excluding carboxylic acids is 4. The number of nitrogen functional groups attached to an aromatic ring is 1. The number of hydrogen-bond donors (Lipinski definition) is 1. The molecule has 0 atom stereocenters. The van der Waals surface area contributed by atoms with Crippen LogP contribution in [0.5, 0.6) is 17.2 Å². The molecule has 0 saturated carbocycles. The van der Waals surface area contributed by atoms with Crippen LogP contribution in [0.1, 0.15) is 33.6 Å². The number of piperidine rings is 1. The number of halogens is 1. The third-order valence-electron chi connectivity index (χ3n) is 7.49. The summed E-state index contributed by atoms with van der Waals surface area (Å²) in [5.41, 5.74) is 7.08. The van der Waals surface area contributed by atoms with Crippen molar-refractivity contribution in [2.75, 3.05) is 43.9 Å². The van der Waals surface area contributed by atoms with Gasteiger partial charge in [-0.15, -0.1) is 0 Å². The largest absolute Gasteiger partial charge is 0.497 e. The molecule has 1 amide bonds. The molecular weight excluding hydrogens is 557 g/mol. The molecule has 43 heavy (non-hydrogen) atoms. The van der Waals surface area contributed by atoms with Gasteiger partial charge in [-0.05, 0) is 86.6 Å². The summed E-state index contributed by atoms with van der Waals surface area (Å²) in [6.07, 6.45) is 3.09. The van der Waals surface area contributed by atoms with Crippen molar-refractivity contribution in [3.8, 4) is 17.2 Å². The summed E-state index contributed by atoms with van der Waals surface area (Å²) in [6, 6.07) is 15.4. The van der Waals surface area contributed by atoms with E-state index in [4.69, 9.17) is 19.9 Å². The van der Waals surface area contributed by atoms with Crippen molar-refractivity contribution >= 4 is 35.0 Å². The van der Waals surface area contributed by atoms with Crippen LogP contribution >= 0.6 is 0 Å². The van der Waals surface area contributed by atoms with Gasteiger partial charge < -0.3 is 29.7 Å². The first-order chi connectivity index (χ1) is 20.7. The maximum absolute atomic E-state index is 14.1. The summed E-state index contributed by atoms with van der Waals surface area (Å²) in [5, 5.41) is 0. The average Bonchev–Trinajstić information content (AvgIpc) is 3.01. The Balaban J connectivity index is 1.35. The lowest BCUT2D eigenvalue weighted by Gasteiger charge is -2.33. The molecule has 0 unspecified atom stereocenters. The van der Waals surface area contributed by atoms with Gasteiger partial charge >= 0.3 is 11.9 Å². The Morgan fingerprint density at radius 1 is 0.930 bits per heavy atom. The molecule has 0 aromatic heterocycles. The number of esters is 2. The van der Waals surface area contributed by atoms with Crippen LogP contribution in [0.4, 0.5) is 15.8 Å². The second-order valence-electron chi connectivity index (χ2n) is 10.2. The Morgan fingerprint density at radius 3 is 2.19 bits per heavy atom. The number of hydrogen-bond acceptors (Lipinski definition) is 9. The van der Waals surface area contributed by atoms with Crippen molar-refractivity contribution in [3.63, 3.8) is 0 Å². The zero-order valence-electron chi connectivity index (χ0n) is 23.5. The summed E-state index contributed by atoms with van der Waals surface area (Å²) in [5.74, 6) is -2.59. The van der Waals surface area contributed by atoms with Crippen LogP contribution in [0.15, 0.2) is 72.8 Å². The lowest BCUT2D eigenvalue weighted by Crippen LogP contribution is -2.43. The third kappa shape index (κ3) is 6.73. The standard InChI is InChI=1S/C32H30FN3O7/c1-41-24-8-6-23(7-9-24)36(19-18-35-16-14-21(15-17-35)29(39)20-2-4-22(33)5-3-20)32(40)25-10-11-26(34)31-30(25)42-27(37)12-13-28(38)43-31/h2-13,21H,14-19,34H2,1H3/b13-12+. The van der Waals surface area contributed by atoms with E-state index in [1.807, 2.05) is 0 Å². The minimum Gasteiger partial charge on any atom is -0.497 e. The van der Waals surface area contributed by atoms with Crippen LogP contribution in [0.3, 0.4) is 0 Å². The molecule has 1 fully saturated rings. The molecule has 2 aliphatic rings. The van der Waals surface area contributed by atoms with Gasteiger partial charge in [0.15, 0.2) is 17.3 Å². The monoisotopic (exact) mass is 587 g/mol. The van der Waals surface area contributed by atoms with Crippen molar-refractivity contribution in [1.82, 2.24) is 4.90 Å². The molecule has 10 nitrogen and oxygen atoms in total. The number of anilines is 2. The highest BCUT2D eigenvalue weighted by molar-refractivity contribution is 6.10. The topological polar surface area (TPSA) is 128 Å². The van der Waals surface area contributed by atoms with E-state index in [1.165, 1.54) is 41.3 Å². The van der Waals surface area contributed by atoms with Crippen molar-refractivity contribution in [2.24, 2.45) is 5.92 Å². The number of benzene rings is 3. The number of ether oxygens (including phenoxy) is 3. The fourth-order valence-corrected chi connectivity index (χ4v) is 5.12. The summed E-state index contributed by atoms with van der Waals surface area (Å²) < 4.78 is 29.2. The van der Waals surface area contributed by atoms with E-state index >= 15 is 0 Å². The predicted molar refractivity (Wildman–Crippen MR) is 156 cm³/mol. The van der Waals surface area contributed by atoms with E-state index in [-0.39, 0.29) is 46.8 Å². The zero-order valence-corrected chi connectivity index (χ0v) is 23.5. The molecule has 2 heterocycles. The highest BCUT2D eigenvalue weighted by Crippen LogP contribution is 2.39. The van der Waals surface area contributed by atoms with Gasteiger partial charge in [-0.2, -0.15) is 0 Å². The van der Waals surface area contributed by atoms with E-state index in [1.54, 1.807) is 31.4 Å². The molecule has 0 spiro atoms. The molecule has 5 rings (SSSR count). The Bertz CT molecular complexity index is 1560. The first kappa shape index (κ1) is 29.5. The number of nitrogens with two attached hydrogens (primary N) is 1. The number of nitrogens with zero attached hydrogens (tertiary/aromatic N) is 2. The quantitative estimate of drug-likeness (QED) is 0.180. The van der Waals surface area contributed by atoms with E-state index in [0.717, 1.165) is 12.2 Å². The fraction of sp³-hybridized carbons (Fsp3) is 0.250. The first-order valence-corrected chi connectivity index (χ1v) is 13.8. The second-order valence-corrected chi connectivity index (χ2v) is 10.2. The van der Waals surface area contributed by atoms with Gasteiger partial charge in [-0.25, -0.2) is 14.0 Å². The lowest BCUT2D eigenvalue weighted by atomic mass is 9.89. The lowest BCUT2D eigenvalue weighted by molar-refractivity contribution is -0.133. The Hall–Kier alpha value is -5.03. The number of ketones is 1. The molecule has 2 aliphatic heterocycles. The molecule has 3 aromatic rings. The van der Waals surface area contributed by atoms with Crippen molar-refractivity contribution in [2.45, 2.75) is 12.8 Å². The number of carbonyl (C=O) groups is 4. The Kier molecular flexibility index (Phi) is 8.82. The van der Waals surface area contributed by atoms with Crippen molar-refractivity contribution in [1.29, 1.82) is 0 Å². The normalized spacial score (nSPS) is 16.2. The zero-order chi connectivity index (χ0) is 30.5. The third-order valence-corrected chi connectivity index (χ3v) is 7.49. The van der Waals surface area contributed by atoms with Gasteiger partial charge in [0.2, 0.25) is 0 Å². The average molecular weight is 588 g/mol. The Labute approximate surface area is 247 Å². The predicted octanol–water partition coefficient (Wildman–Crippen LogP) is 4.04. The van der Waals surface area contributed by atoms with Gasteiger partial charge in [0, 0.05) is 42.4 Å². The van der Waals surface area contributed by atoms with Crippen molar-refractivity contribution in [3.05, 3.63) is 89.8 Å².